The van der Waals surface area contributed by atoms with Gasteiger partial charge in [-0.15, -0.1) is 0 Å². The monoisotopic (exact) mass is 311 g/mol. The van der Waals surface area contributed by atoms with Crippen molar-refractivity contribution in [3.05, 3.63) is 28.2 Å². The summed E-state index contributed by atoms with van der Waals surface area (Å²) in [6, 6.07) is 6.23. The average molecular weight is 312 g/mol. The molecule has 1 aromatic carbocycles. The maximum Gasteiger partial charge on any atom is 0.123 e. The van der Waals surface area contributed by atoms with Gasteiger partial charge in [0.1, 0.15) is 11.9 Å². The van der Waals surface area contributed by atoms with E-state index >= 15 is 0 Å². The number of nitrogens with one attached hydrogen (secondary N) is 1. The highest BCUT2D eigenvalue weighted by atomic mass is 79.9. The van der Waals surface area contributed by atoms with Gasteiger partial charge in [-0.3, -0.25) is 0 Å². The molecule has 4 heteroatoms. The lowest BCUT2D eigenvalue weighted by molar-refractivity contribution is 0.182. The van der Waals surface area contributed by atoms with Crippen LogP contribution in [-0.4, -0.2) is 32.4 Å². The van der Waals surface area contributed by atoms with Crippen molar-refractivity contribution in [2.75, 3.05) is 26.3 Å². The van der Waals surface area contributed by atoms with Crippen LogP contribution in [0.5, 0.6) is 5.75 Å². The molecule has 2 aliphatic rings. The van der Waals surface area contributed by atoms with Crippen molar-refractivity contribution in [1.29, 1.82) is 0 Å². The zero-order valence-corrected chi connectivity index (χ0v) is 11.9. The number of ether oxygens (including phenoxy) is 2. The molecular formula is C14H18BrNO2. The minimum atomic E-state index is 0.275. The summed E-state index contributed by atoms with van der Waals surface area (Å²) >= 11 is 3.50. The number of fused-ring (bicyclic) bond motifs is 1. The van der Waals surface area contributed by atoms with Gasteiger partial charge in [-0.1, -0.05) is 15.9 Å². The van der Waals surface area contributed by atoms with Crippen molar-refractivity contribution in [2.24, 2.45) is 5.92 Å². The Morgan fingerprint density at radius 1 is 1.33 bits per heavy atom. The van der Waals surface area contributed by atoms with Gasteiger partial charge < -0.3 is 14.8 Å². The molecule has 2 aliphatic heterocycles. The third kappa shape index (κ3) is 2.87. The van der Waals surface area contributed by atoms with E-state index in [0.29, 0.717) is 5.92 Å². The van der Waals surface area contributed by atoms with Crippen LogP contribution in [0.1, 0.15) is 12.0 Å². The van der Waals surface area contributed by atoms with Crippen molar-refractivity contribution in [3.63, 3.8) is 0 Å². The predicted molar refractivity (Wildman–Crippen MR) is 74.1 cm³/mol. The maximum absolute atomic E-state index is 5.91. The van der Waals surface area contributed by atoms with E-state index in [9.17, 15) is 0 Å². The highest BCUT2D eigenvalue weighted by Crippen LogP contribution is 2.30. The number of benzene rings is 1. The van der Waals surface area contributed by atoms with Crippen LogP contribution in [0.25, 0.3) is 0 Å². The molecule has 0 radical (unpaired) electrons. The van der Waals surface area contributed by atoms with Crippen LogP contribution in [0.4, 0.5) is 0 Å². The van der Waals surface area contributed by atoms with Gasteiger partial charge in [0.15, 0.2) is 0 Å². The van der Waals surface area contributed by atoms with E-state index in [0.717, 1.165) is 42.9 Å². The molecular weight excluding hydrogens is 294 g/mol. The lowest BCUT2D eigenvalue weighted by Gasteiger charge is -2.14. The van der Waals surface area contributed by atoms with Crippen LogP contribution in [0, 0.1) is 5.92 Å². The second-order valence-electron chi connectivity index (χ2n) is 5.08. The van der Waals surface area contributed by atoms with E-state index in [4.69, 9.17) is 9.47 Å². The lowest BCUT2D eigenvalue weighted by atomic mass is 10.1. The van der Waals surface area contributed by atoms with Crippen molar-refractivity contribution in [3.8, 4) is 5.75 Å². The SMILES string of the molecule is Brc1ccc2c(c1)CC(CNCC1CCOC1)O2. The molecule has 2 heterocycles. The Hall–Kier alpha value is -0.580. The first kappa shape index (κ1) is 12.5. The smallest absolute Gasteiger partial charge is 0.123 e. The molecule has 18 heavy (non-hydrogen) atoms. The van der Waals surface area contributed by atoms with Crippen LogP contribution in [-0.2, 0) is 11.2 Å². The van der Waals surface area contributed by atoms with E-state index < -0.39 is 0 Å². The third-order valence-corrected chi connectivity index (χ3v) is 4.09. The molecule has 0 aromatic heterocycles. The highest BCUT2D eigenvalue weighted by molar-refractivity contribution is 9.10. The molecule has 1 aromatic rings. The fraction of sp³-hybridized carbons (Fsp3) is 0.571. The topological polar surface area (TPSA) is 30.5 Å². The van der Waals surface area contributed by atoms with E-state index in [1.54, 1.807) is 0 Å². The number of halogens is 1. The van der Waals surface area contributed by atoms with Gasteiger partial charge >= 0.3 is 0 Å². The van der Waals surface area contributed by atoms with E-state index in [2.05, 4.69) is 27.3 Å². The van der Waals surface area contributed by atoms with Gasteiger partial charge in [0.25, 0.3) is 0 Å². The summed E-state index contributed by atoms with van der Waals surface area (Å²) in [5.74, 6) is 1.72. The maximum atomic E-state index is 5.91. The summed E-state index contributed by atoms with van der Waals surface area (Å²) in [7, 11) is 0. The molecule has 2 unspecified atom stereocenters. The molecule has 98 valence electrons. The van der Waals surface area contributed by atoms with Crippen molar-refractivity contribution in [1.82, 2.24) is 5.32 Å². The Labute approximate surface area is 116 Å². The summed E-state index contributed by atoms with van der Waals surface area (Å²) in [6.45, 7) is 3.79. The van der Waals surface area contributed by atoms with Gasteiger partial charge in [-0.05, 0) is 36.1 Å². The van der Waals surface area contributed by atoms with Gasteiger partial charge in [-0.25, -0.2) is 0 Å². The fourth-order valence-corrected chi connectivity index (χ4v) is 3.00. The van der Waals surface area contributed by atoms with Gasteiger partial charge in [-0.2, -0.15) is 0 Å². The molecule has 1 saturated heterocycles. The van der Waals surface area contributed by atoms with Crippen LogP contribution in [0.2, 0.25) is 0 Å². The summed E-state index contributed by atoms with van der Waals surface area (Å²) in [5, 5.41) is 3.50. The van der Waals surface area contributed by atoms with Crippen LogP contribution >= 0.6 is 15.9 Å². The van der Waals surface area contributed by atoms with Crippen LogP contribution < -0.4 is 10.1 Å². The second kappa shape index (κ2) is 5.59. The van der Waals surface area contributed by atoms with E-state index in [1.807, 2.05) is 12.1 Å². The Kier molecular flexibility index (Phi) is 3.87. The lowest BCUT2D eigenvalue weighted by Crippen LogP contribution is -2.33. The highest BCUT2D eigenvalue weighted by Gasteiger charge is 2.23. The summed E-state index contributed by atoms with van der Waals surface area (Å²) in [5.41, 5.74) is 1.31. The Morgan fingerprint density at radius 2 is 2.28 bits per heavy atom. The van der Waals surface area contributed by atoms with E-state index in [1.165, 1.54) is 12.0 Å². The minimum Gasteiger partial charge on any atom is -0.488 e. The Bertz CT molecular complexity index is 418. The molecule has 0 amide bonds. The predicted octanol–water partition coefficient (Wildman–Crippen LogP) is 2.38. The molecule has 1 fully saturated rings. The molecule has 0 spiro atoms. The zero-order chi connectivity index (χ0) is 12.4. The van der Waals surface area contributed by atoms with E-state index in [-0.39, 0.29) is 6.10 Å². The first-order valence-electron chi connectivity index (χ1n) is 6.55. The second-order valence-corrected chi connectivity index (χ2v) is 6.00. The molecule has 1 N–H and O–H groups in total. The molecule has 0 bridgehead atoms. The first-order valence-corrected chi connectivity index (χ1v) is 7.34. The standard InChI is InChI=1S/C14H18BrNO2/c15-12-1-2-14-11(5-12)6-13(18-14)8-16-7-10-3-4-17-9-10/h1-2,5,10,13,16H,3-4,6-9H2. The molecule has 3 rings (SSSR count). The third-order valence-electron chi connectivity index (χ3n) is 3.59. The number of hydrogen-bond acceptors (Lipinski definition) is 3. The first-order chi connectivity index (χ1) is 8.81. The zero-order valence-electron chi connectivity index (χ0n) is 10.3. The summed E-state index contributed by atoms with van der Waals surface area (Å²) in [6.07, 6.45) is 2.46. The number of hydrogen-bond donors (Lipinski definition) is 1. The minimum absolute atomic E-state index is 0.275. The molecule has 2 atom stereocenters. The van der Waals surface area contributed by atoms with Crippen molar-refractivity contribution in [2.45, 2.75) is 18.9 Å². The normalized spacial score (nSPS) is 26.1. The Morgan fingerprint density at radius 3 is 3.11 bits per heavy atom. The molecule has 0 saturated carbocycles. The van der Waals surface area contributed by atoms with Gasteiger partial charge in [0.05, 0.1) is 6.61 Å². The average Bonchev–Trinajstić information content (AvgIpc) is 2.97. The largest absolute Gasteiger partial charge is 0.488 e. The quantitative estimate of drug-likeness (QED) is 0.926. The molecule has 3 nitrogen and oxygen atoms in total. The van der Waals surface area contributed by atoms with Crippen LogP contribution in [0.15, 0.2) is 22.7 Å². The van der Waals surface area contributed by atoms with Gasteiger partial charge in [0.2, 0.25) is 0 Å². The summed E-state index contributed by atoms with van der Waals surface area (Å²) < 4.78 is 12.4. The van der Waals surface area contributed by atoms with Crippen LogP contribution in [0.3, 0.4) is 0 Å². The fourth-order valence-electron chi connectivity index (χ4n) is 2.60. The van der Waals surface area contributed by atoms with Gasteiger partial charge in [0, 0.05) is 30.6 Å². The summed E-state index contributed by atoms with van der Waals surface area (Å²) in [4.78, 5) is 0. The Balaban J connectivity index is 1.46. The van der Waals surface area contributed by atoms with Crippen molar-refractivity contribution >= 4 is 15.9 Å². The number of rotatable bonds is 4. The molecule has 0 aliphatic carbocycles. The van der Waals surface area contributed by atoms with Crippen molar-refractivity contribution < 1.29 is 9.47 Å².